The third-order valence-electron chi connectivity index (χ3n) is 6.35. The molecule has 4 aromatic rings. The Balaban J connectivity index is 1.52. The number of Topliss-reactive ketones (excluding diaryl/α,β-unsaturated/α-hetero) is 1. The summed E-state index contributed by atoms with van der Waals surface area (Å²) >= 11 is 0. The summed E-state index contributed by atoms with van der Waals surface area (Å²) in [6, 6.07) is 18.8. The number of ketones is 2. The van der Waals surface area contributed by atoms with E-state index in [1.54, 1.807) is 30.3 Å². The molecule has 0 aliphatic carbocycles. The molecule has 5 rings (SSSR count). The van der Waals surface area contributed by atoms with Crippen LogP contribution in [0.3, 0.4) is 0 Å². The van der Waals surface area contributed by atoms with E-state index in [0.717, 1.165) is 12.1 Å². The Morgan fingerprint density at radius 2 is 1.29 bits per heavy atom. The van der Waals surface area contributed by atoms with Crippen molar-refractivity contribution in [2.75, 3.05) is 0 Å². The van der Waals surface area contributed by atoms with Gasteiger partial charge in [-0.1, -0.05) is 24.3 Å². The topological polar surface area (TPSA) is 145 Å². The van der Waals surface area contributed by atoms with E-state index < -0.39 is 23.6 Å². The predicted octanol–water partition coefficient (Wildman–Crippen LogP) is 5.21. The molecule has 1 heterocycles. The van der Waals surface area contributed by atoms with Crippen LogP contribution in [0.15, 0.2) is 84.9 Å². The van der Waals surface area contributed by atoms with Crippen LogP contribution in [0.4, 0.5) is 0 Å². The summed E-state index contributed by atoms with van der Waals surface area (Å²) in [4.78, 5) is 26.3. The first-order valence-electron chi connectivity index (χ1n) is 11.6. The number of carbonyl (C=O) groups is 2. The molecule has 190 valence electrons. The zero-order chi connectivity index (χ0) is 27.0. The largest absolute Gasteiger partial charge is 0.508 e. The first-order chi connectivity index (χ1) is 18.2. The van der Waals surface area contributed by atoms with Gasteiger partial charge in [0.25, 0.3) is 0 Å². The summed E-state index contributed by atoms with van der Waals surface area (Å²) in [5.74, 6) is -2.38. The van der Waals surface area contributed by atoms with Gasteiger partial charge in [-0.05, 0) is 65.7 Å². The van der Waals surface area contributed by atoms with Crippen molar-refractivity contribution in [3.05, 3.63) is 113 Å². The van der Waals surface area contributed by atoms with Crippen LogP contribution in [0, 0.1) is 0 Å². The fourth-order valence-corrected chi connectivity index (χ4v) is 4.48. The number of aromatic hydroxyl groups is 5. The lowest BCUT2D eigenvalue weighted by atomic mass is 9.84. The SMILES string of the molecule is O=C(C=Cc1ccc2c(c1)[C@H](C(=O)c1ccc(O)cc1O)[C@@H](c1ccc(O)cc1)O2)c1ccc(O)cc1O. The van der Waals surface area contributed by atoms with E-state index >= 15 is 0 Å². The minimum Gasteiger partial charge on any atom is -0.508 e. The minimum absolute atomic E-state index is 0.00644. The van der Waals surface area contributed by atoms with Crippen LogP contribution in [0.25, 0.3) is 6.08 Å². The normalized spacial score (nSPS) is 16.2. The molecule has 0 radical (unpaired) electrons. The molecule has 5 N–H and O–H groups in total. The zero-order valence-electron chi connectivity index (χ0n) is 19.8. The third kappa shape index (κ3) is 4.62. The van der Waals surface area contributed by atoms with E-state index in [9.17, 15) is 35.1 Å². The number of phenolic OH excluding ortho intramolecular Hbond substituents is 5. The smallest absolute Gasteiger partial charge is 0.189 e. The van der Waals surface area contributed by atoms with Crippen LogP contribution in [0.1, 0.15) is 49.4 Å². The molecule has 0 fully saturated rings. The number of allylic oxidation sites excluding steroid dienone is 1. The monoisotopic (exact) mass is 510 g/mol. The van der Waals surface area contributed by atoms with Gasteiger partial charge in [-0.25, -0.2) is 0 Å². The summed E-state index contributed by atoms with van der Waals surface area (Å²) in [6.45, 7) is 0. The number of carbonyl (C=O) groups excluding carboxylic acids is 2. The maximum atomic E-state index is 13.7. The molecule has 0 spiro atoms. The molecule has 0 bridgehead atoms. The molecule has 0 saturated heterocycles. The Morgan fingerprint density at radius 3 is 1.92 bits per heavy atom. The van der Waals surface area contributed by atoms with E-state index in [1.165, 1.54) is 48.6 Å². The van der Waals surface area contributed by atoms with Crippen molar-refractivity contribution in [1.29, 1.82) is 0 Å². The average molecular weight is 510 g/mol. The van der Waals surface area contributed by atoms with Gasteiger partial charge in [0.05, 0.1) is 17.0 Å². The highest BCUT2D eigenvalue weighted by Crippen LogP contribution is 2.49. The molecular weight excluding hydrogens is 488 g/mol. The number of hydrogen-bond donors (Lipinski definition) is 5. The van der Waals surface area contributed by atoms with Crippen LogP contribution >= 0.6 is 0 Å². The zero-order valence-corrected chi connectivity index (χ0v) is 19.8. The Bertz CT molecular complexity index is 1590. The van der Waals surface area contributed by atoms with Crippen molar-refractivity contribution < 1.29 is 39.9 Å². The van der Waals surface area contributed by atoms with Gasteiger partial charge in [-0.2, -0.15) is 0 Å². The maximum Gasteiger partial charge on any atom is 0.189 e. The van der Waals surface area contributed by atoms with Gasteiger partial charge >= 0.3 is 0 Å². The fraction of sp³-hybridized carbons (Fsp3) is 0.0667. The standard InChI is InChI=1S/C30H22O8/c31-18-5-3-17(4-6-18)30-28(29(37)22-10-8-20(33)15-26(22)36)23-13-16(2-12-27(23)38-30)1-11-24(34)21-9-7-19(32)14-25(21)35/h1-15,28,30-33,35-36H/t28-,30-/m1/s1. The molecule has 0 aromatic heterocycles. The van der Waals surface area contributed by atoms with Gasteiger partial charge in [0, 0.05) is 17.7 Å². The van der Waals surface area contributed by atoms with Gasteiger partial charge in [0.1, 0.15) is 40.6 Å². The van der Waals surface area contributed by atoms with Gasteiger partial charge < -0.3 is 30.3 Å². The van der Waals surface area contributed by atoms with E-state index in [-0.39, 0.29) is 39.9 Å². The number of ether oxygens (including phenoxy) is 1. The highest BCUT2D eigenvalue weighted by Gasteiger charge is 2.41. The van der Waals surface area contributed by atoms with Gasteiger partial charge in [-0.15, -0.1) is 0 Å². The average Bonchev–Trinajstić information content (AvgIpc) is 3.26. The van der Waals surface area contributed by atoms with Crippen molar-refractivity contribution in [3.8, 4) is 34.5 Å². The second-order valence-electron chi connectivity index (χ2n) is 8.87. The second kappa shape index (κ2) is 9.67. The minimum atomic E-state index is -0.879. The van der Waals surface area contributed by atoms with E-state index in [4.69, 9.17) is 4.74 Å². The van der Waals surface area contributed by atoms with Crippen LogP contribution in [-0.2, 0) is 0 Å². The summed E-state index contributed by atoms with van der Waals surface area (Å²) in [7, 11) is 0. The van der Waals surface area contributed by atoms with Crippen LogP contribution in [0.5, 0.6) is 34.5 Å². The highest BCUT2D eigenvalue weighted by molar-refractivity contribution is 6.09. The lowest BCUT2D eigenvalue weighted by Crippen LogP contribution is -2.19. The molecular formula is C30H22O8. The number of fused-ring (bicyclic) bond motifs is 1. The third-order valence-corrected chi connectivity index (χ3v) is 6.35. The van der Waals surface area contributed by atoms with Crippen LogP contribution in [0.2, 0.25) is 0 Å². The molecule has 0 saturated carbocycles. The molecule has 2 atom stereocenters. The molecule has 1 aliphatic heterocycles. The van der Waals surface area contributed by atoms with Crippen molar-refractivity contribution in [3.63, 3.8) is 0 Å². The Labute approximate surface area is 217 Å². The quantitative estimate of drug-likeness (QED) is 0.176. The summed E-state index contributed by atoms with van der Waals surface area (Å²) in [5.41, 5.74) is 1.77. The van der Waals surface area contributed by atoms with Gasteiger partial charge in [0.15, 0.2) is 11.6 Å². The van der Waals surface area contributed by atoms with Crippen LogP contribution < -0.4 is 4.74 Å². The molecule has 8 nitrogen and oxygen atoms in total. The first kappa shape index (κ1) is 24.5. The first-order valence-corrected chi connectivity index (χ1v) is 11.6. The molecule has 0 amide bonds. The summed E-state index contributed by atoms with van der Waals surface area (Å²) in [5, 5.41) is 49.2. The number of phenols is 5. The predicted molar refractivity (Wildman–Crippen MR) is 138 cm³/mol. The highest BCUT2D eigenvalue weighted by atomic mass is 16.5. The Kier molecular flexibility index (Phi) is 6.22. The van der Waals surface area contributed by atoms with Crippen molar-refractivity contribution in [1.82, 2.24) is 0 Å². The number of rotatable bonds is 6. The number of benzene rings is 4. The Hall–Kier alpha value is -5.24. The summed E-state index contributed by atoms with van der Waals surface area (Å²) in [6.07, 6.45) is 2.03. The van der Waals surface area contributed by atoms with Crippen molar-refractivity contribution >= 4 is 17.6 Å². The van der Waals surface area contributed by atoms with E-state index in [1.807, 2.05) is 0 Å². The van der Waals surface area contributed by atoms with E-state index in [2.05, 4.69) is 0 Å². The molecule has 1 aliphatic rings. The van der Waals surface area contributed by atoms with Gasteiger partial charge in [-0.3, -0.25) is 9.59 Å². The maximum absolute atomic E-state index is 13.7. The van der Waals surface area contributed by atoms with Gasteiger partial charge in [0.2, 0.25) is 0 Å². The Morgan fingerprint density at radius 1 is 0.684 bits per heavy atom. The van der Waals surface area contributed by atoms with Crippen molar-refractivity contribution in [2.45, 2.75) is 12.0 Å². The molecule has 38 heavy (non-hydrogen) atoms. The lowest BCUT2D eigenvalue weighted by Gasteiger charge is -2.19. The second-order valence-corrected chi connectivity index (χ2v) is 8.87. The lowest BCUT2D eigenvalue weighted by molar-refractivity contribution is 0.0892. The van der Waals surface area contributed by atoms with Crippen LogP contribution in [-0.4, -0.2) is 37.1 Å². The van der Waals surface area contributed by atoms with E-state index in [0.29, 0.717) is 22.4 Å². The van der Waals surface area contributed by atoms with Crippen molar-refractivity contribution in [2.24, 2.45) is 0 Å². The molecule has 8 heteroatoms. The summed E-state index contributed by atoms with van der Waals surface area (Å²) < 4.78 is 6.15. The fourth-order valence-electron chi connectivity index (χ4n) is 4.48. The molecule has 4 aromatic carbocycles. The number of hydrogen-bond acceptors (Lipinski definition) is 8. The molecule has 0 unspecified atom stereocenters.